The fourth-order valence-corrected chi connectivity index (χ4v) is 1.85. The Morgan fingerprint density at radius 1 is 1.58 bits per heavy atom. The second kappa shape index (κ2) is 4.04. The molecule has 2 nitrogen and oxygen atoms in total. The van der Waals surface area contributed by atoms with Crippen LogP contribution in [0.4, 0.5) is 0 Å². The molecular weight excluding hydrogens is 150 g/mol. The Bertz CT molecular complexity index is 165. The van der Waals surface area contributed by atoms with Gasteiger partial charge >= 0.3 is 0 Å². The van der Waals surface area contributed by atoms with Crippen LogP contribution >= 0.6 is 0 Å². The molecule has 0 radical (unpaired) electrons. The molecule has 1 saturated heterocycles. The molecule has 0 aromatic heterocycles. The third-order valence-electron chi connectivity index (χ3n) is 2.47. The molecule has 0 aromatic carbocycles. The monoisotopic (exact) mass is 169 g/mol. The van der Waals surface area contributed by atoms with Gasteiger partial charge in [0.05, 0.1) is 0 Å². The van der Waals surface area contributed by atoms with Gasteiger partial charge in [0.15, 0.2) is 0 Å². The van der Waals surface area contributed by atoms with Crippen molar-refractivity contribution in [3.05, 3.63) is 0 Å². The van der Waals surface area contributed by atoms with Gasteiger partial charge in [-0.15, -0.1) is 0 Å². The van der Waals surface area contributed by atoms with E-state index in [0.717, 1.165) is 32.0 Å². The van der Waals surface area contributed by atoms with E-state index in [-0.39, 0.29) is 0 Å². The number of ketones is 1. The number of carbonyl (C=O) groups excluding carboxylic acids is 1. The first kappa shape index (κ1) is 9.72. The van der Waals surface area contributed by atoms with E-state index < -0.39 is 0 Å². The number of rotatable bonds is 3. The second-order valence-corrected chi connectivity index (χ2v) is 4.25. The number of hydrogen-bond donors (Lipinski definition) is 0. The van der Waals surface area contributed by atoms with Gasteiger partial charge in [-0.25, -0.2) is 0 Å². The molecule has 1 aliphatic rings. The Morgan fingerprint density at radius 3 is 2.67 bits per heavy atom. The van der Waals surface area contributed by atoms with Gasteiger partial charge in [0, 0.05) is 19.0 Å². The van der Waals surface area contributed by atoms with E-state index in [4.69, 9.17) is 0 Å². The maximum Gasteiger partial charge on any atom is 0.134 e. The minimum atomic E-state index is 0.323. The molecule has 1 heterocycles. The summed E-state index contributed by atoms with van der Waals surface area (Å²) in [6, 6.07) is 0. The van der Waals surface area contributed by atoms with Crippen molar-refractivity contribution in [2.45, 2.75) is 27.2 Å². The highest BCUT2D eigenvalue weighted by atomic mass is 16.1. The Kier molecular flexibility index (Phi) is 3.27. The first-order valence-electron chi connectivity index (χ1n) is 4.82. The summed E-state index contributed by atoms with van der Waals surface area (Å²) in [5.41, 5.74) is 0. The molecule has 0 saturated carbocycles. The van der Waals surface area contributed by atoms with Crippen molar-refractivity contribution < 1.29 is 4.79 Å². The number of likely N-dealkylation sites (tertiary alicyclic amines) is 1. The molecule has 0 N–H and O–H groups in total. The average molecular weight is 169 g/mol. The molecule has 1 atom stereocenters. The summed E-state index contributed by atoms with van der Waals surface area (Å²) in [5, 5.41) is 0. The fourth-order valence-electron chi connectivity index (χ4n) is 1.85. The van der Waals surface area contributed by atoms with E-state index in [1.165, 1.54) is 0 Å². The van der Waals surface area contributed by atoms with Crippen LogP contribution in [0, 0.1) is 11.8 Å². The normalized spacial score (nSPS) is 25.2. The molecule has 2 heteroatoms. The number of hydrogen-bond acceptors (Lipinski definition) is 2. The smallest absolute Gasteiger partial charge is 0.134 e. The van der Waals surface area contributed by atoms with Crippen molar-refractivity contribution in [3.8, 4) is 0 Å². The van der Waals surface area contributed by atoms with Crippen molar-refractivity contribution in [1.82, 2.24) is 4.90 Å². The van der Waals surface area contributed by atoms with E-state index in [1.54, 1.807) is 6.92 Å². The van der Waals surface area contributed by atoms with Crippen LogP contribution in [0.3, 0.4) is 0 Å². The van der Waals surface area contributed by atoms with Crippen LogP contribution in [0.1, 0.15) is 27.2 Å². The zero-order valence-corrected chi connectivity index (χ0v) is 8.34. The summed E-state index contributed by atoms with van der Waals surface area (Å²) in [5.74, 6) is 1.40. The number of nitrogens with zero attached hydrogens (tertiary/aromatic N) is 1. The van der Waals surface area contributed by atoms with Gasteiger partial charge < -0.3 is 4.90 Å². The van der Waals surface area contributed by atoms with Crippen molar-refractivity contribution in [1.29, 1.82) is 0 Å². The van der Waals surface area contributed by atoms with Crippen molar-refractivity contribution in [3.63, 3.8) is 0 Å². The van der Waals surface area contributed by atoms with Gasteiger partial charge in [0.25, 0.3) is 0 Å². The van der Waals surface area contributed by atoms with E-state index >= 15 is 0 Å². The van der Waals surface area contributed by atoms with Crippen LogP contribution in [0.25, 0.3) is 0 Å². The summed E-state index contributed by atoms with van der Waals surface area (Å²) >= 11 is 0. The van der Waals surface area contributed by atoms with Crippen LogP contribution in [-0.2, 0) is 4.79 Å². The Labute approximate surface area is 74.9 Å². The topological polar surface area (TPSA) is 20.3 Å². The third kappa shape index (κ3) is 2.59. The number of Topliss-reactive ketones (excluding diaryl/α,β-unsaturated/α-hetero) is 1. The summed E-state index contributed by atoms with van der Waals surface area (Å²) in [6.07, 6.45) is 1.07. The molecule has 12 heavy (non-hydrogen) atoms. The van der Waals surface area contributed by atoms with Gasteiger partial charge in [0.2, 0.25) is 0 Å². The molecular formula is C10H19NO. The molecule has 0 aliphatic carbocycles. The lowest BCUT2D eigenvalue weighted by Crippen LogP contribution is -2.26. The van der Waals surface area contributed by atoms with Crippen LogP contribution in [0.2, 0.25) is 0 Å². The minimum absolute atomic E-state index is 0.323. The highest BCUT2D eigenvalue weighted by Crippen LogP contribution is 2.17. The summed E-state index contributed by atoms with van der Waals surface area (Å²) < 4.78 is 0. The lowest BCUT2D eigenvalue weighted by molar-refractivity contribution is -0.120. The predicted octanol–water partition coefficient (Wildman–Crippen LogP) is 1.55. The quantitative estimate of drug-likeness (QED) is 0.639. The van der Waals surface area contributed by atoms with Crippen LogP contribution < -0.4 is 0 Å². The van der Waals surface area contributed by atoms with E-state index in [2.05, 4.69) is 18.7 Å². The molecule has 0 spiro atoms. The highest BCUT2D eigenvalue weighted by Gasteiger charge is 2.25. The summed E-state index contributed by atoms with van der Waals surface area (Å²) in [6.45, 7) is 9.41. The van der Waals surface area contributed by atoms with Crippen molar-refractivity contribution in [2.75, 3.05) is 19.6 Å². The second-order valence-electron chi connectivity index (χ2n) is 4.25. The van der Waals surface area contributed by atoms with Crippen molar-refractivity contribution >= 4 is 5.78 Å². The predicted molar refractivity (Wildman–Crippen MR) is 50.1 cm³/mol. The van der Waals surface area contributed by atoms with Gasteiger partial charge in [-0.3, -0.25) is 4.79 Å². The molecule has 0 aromatic rings. The lowest BCUT2D eigenvalue weighted by atomic mass is 10.1. The summed E-state index contributed by atoms with van der Waals surface area (Å²) in [7, 11) is 0. The van der Waals surface area contributed by atoms with Crippen LogP contribution in [0.5, 0.6) is 0 Å². The zero-order valence-electron chi connectivity index (χ0n) is 8.34. The van der Waals surface area contributed by atoms with Crippen LogP contribution in [0.15, 0.2) is 0 Å². The average Bonchev–Trinajstić information content (AvgIpc) is 2.34. The van der Waals surface area contributed by atoms with Gasteiger partial charge in [-0.05, 0) is 25.8 Å². The first-order chi connectivity index (χ1) is 5.59. The first-order valence-corrected chi connectivity index (χ1v) is 4.82. The maximum absolute atomic E-state index is 11.1. The lowest BCUT2D eigenvalue weighted by Gasteiger charge is -2.17. The largest absolute Gasteiger partial charge is 0.302 e. The number of carbonyl (C=O) groups is 1. The SMILES string of the molecule is CC(=O)[C@@H]1CCN(CC(C)C)C1. The van der Waals surface area contributed by atoms with E-state index in [1.807, 2.05) is 0 Å². The molecule has 0 unspecified atom stereocenters. The molecule has 0 amide bonds. The molecule has 0 bridgehead atoms. The standard InChI is InChI=1S/C10H19NO/c1-8(2)6-11-5-4-10(7-11)9(3)12/h8,10H,4-7H2,1-3H3/t10-/m1/s1. The fraction of sp³-hybridized carbons (Fsp3) is 0.900. The van der Waals surface area contributed by atoms with E-state index in [0.29, 0.717) is 11.7 Å². The highest BCUT2D eigenvalue weighted by molar-refractivity contribution is 5.78. The minimum Gasteiger partial charge on any atom is -0.302 e. The van der Waals surface area contributed by atoms with Crippen molar-refractivity contribution in [2.24, 2.45) is 11.8 Å². The van der Waals surface area contributed by atoms with Crippen LogP contribution in [-0.4, -0.2) is 30.3 Å². The third-order valence-corrected chi connectivity index (χ3v) is 2.47. The molecule has 70 valence electrons. The summed E-state index contributed by atoms with van der Waals surface area (Å²) in [4.78, 5) is 13.5. The molecule has 1 aliphatic heterocycles. The van der Waals surface area contributed by atoms with E-state index in [9.17, 15) is 4.79 Å². The zero-order chi connectivity index (χ0) is 9.14. The molecule has 1 fully saturated rings. The van der Waals surface area contributed by atoms with Gasteiger partial charge in [-0.2, -0.15) is 0 Å². The van der Waals surface area contributed by atoms with Gasteiger partial charge in [0.1, 0.15) is 5.78 Å². The Hall–Kier alpha value is -0.370. The maximum atomic E-state index is 11.1. The van der Waals surface area contributed by atoms with Gasteiger partial charge in [-0.1, -0.05) is 13.8 Å². The molecule has 1 rings (SSSR count). The Balaban J connectivity index is 2.30. The Morgan fingerprint density at radius 2 is 2.25 bits per heavy atom.